The third kappa shape index (κ3) is 2.73. The molecule has 0 aliphatic carbocycles. The Morgan fingerprint density at radius 3 is 2.86 bits per heavy atom. The summed E-state index contributed by atoms with van der Waals surface area (Å²) in [4.78, 5) is 7.22. The fourth-order valence-corrected chi connectivity index (χ4v) is 4.80. The molecule has 7 heteroatoms. The molecule has 6 rings (SSSR count). The van der Waals surface area contributed by atoms with E-state index in [-0.39, 0.29) is 5.82 Å². The van der Waals surface area contributed by atoms with Gasteiger partial charge < -0.3 is 5.32 Å². The predicted octanol–water partition coefficient (Wildman–Crippen LogP) is 3.19. The Kier molecular flexibility index (Phi) is 3.69. The maximum absolute atomic E-state index is 13.6. The molecule has 0 radical (unpaired) electrons. The van der Waals surface area contributed by atoms with Crippen LogP contribution in [0.15, 0.2) is 48.7 Å². The normalized spacial score (nSPS) is 22.7. The molecule has 1 aromatic carbocycles. The van der Waals surface area contributed by atoms with Crippen LogP contribution < -0.4 is 5.32 Å². The Bertz CT molecular complexity index is 1230. The number of likely N-dealkylation sites (tertiary alicyclic amines) is 1. The minimum atomic E-state index is -0.293. The summed E-state index contributed by atoms with van der Waals surface area (Å²) in [5.41, 5.74) is 3.31. The highest BCUT2D eigenvalue weighted by molar-refractivity contribution is 5.81. The van der Waals surface area contributed by atoms with E-state index in [1.54, 1.807) is 6.07 Å². The number of aromatic nitrogens is 4. The van der Waals surface area contributed by atoms with Gasteiger partial charge in [-0.2, -0.15) is 0 Å². The zero-order chi connectivity index (χ0) is 19.5. The molecule has 4 aromatic rings. The van der Waals surface area contributed by atoms with Gasteiger partial charge >= 0.3 is 0 Å². The van der Waals surface area contributed by atoms with E-state index < -0.39 is 0 Å². The molecule has 0 unspecified atom stereocenters. The van der Waals surface area contributed by atoms with Crippen molar-refractivity contribution in [3.05, 3.63) is 60.0 Å². The van der Waals surface area contributed by atoms with Gasteiger partial charge in [-0.1, -0.05) is 12.1 Å². The van der Waals surface area contributed by atoms with E-state index in [1.165, 1.54) is 24.1 Å². The summed E-state index contributed by atoms with van der Waals surface area (Å²) in [5, 5.41) is 13.1. The van der Waals surface area contributed by atoms with Gasteiger partial charge in [0.15, 0.2) is 11.5 Å². The Hall–Kier alpha value is -2.90. The Labute approximate surface area is 167 Å². The summed E-state index contributed by atoms with van der Waals surface area (Å²) in [6, 6.07) is 14.2. The zero-order valence-corrected chi connectivity index (χ0v) is 16.1. The van der Waals surface area contributed by atoms with Crippen LogP contribution in [-0.4, -0.2) is 49.7 Å². The van der Waals surface area contributed by atoms with Gasteiger partial charge in [-0.25, -0.2) is 9.37 Å². The Morgan fingerprint density at radius 1 is 1.14 bits per heavy atom. The summed E-state index contributed by atoms with van der Waals surface area (Å²) in [6.07, 6.45) is 3.36. The number of benzene rings is 1. The van der Waals surface area contributed by atoms with Gasteiger partial charge in [0, 0.05) is 48.9 Å². The van der Waals surface area contributed by atoms with E-state index in [4.69, 9.17) is 0 Å². The van der Waals surface area contributed by atoms with Crippen molar-refractivity contribution in [2.45, 2.75) is 31.5 Å². The van der Waals surface area contributed by atoms with Crippen LogP contribution in [0.3, 0.4) is 0 Å². The molecule has 2 aliphatic heterocycles. The van der Waals surface area contributed by atoms with Crippen molar-refractivity contribution >= 4 is 16.6 Å². The first-order valence-corrected chi connectivity index (χ1v) is 10.1. The molecular formula is C22H21FN6. The quantitative estimate of drug-likeness (QED) is 0.584. The van der Waals surface area contributed by atoms with E-state index in [9.17, 15) is 4.39 Å². The third-order valence-electron chi connectivity index (χ3n) is 6.39. The molecule has 29 heavy (non-hydrogen) atoms. The molecule has 3 aromatic heterocycles. The molecule has 0 spiro atoms. The van der Waals surface area contributed by atoms with Crippen molar-refractivity contribution in [3.8, 4) is 11.5 Å². The highest BCUT2D eigenvalue weighted by Crippen LogP contribution is 2.32. The van der Waals surface area contributed by atoms with E-state index in [1.807, 2.05) is 22.6 Å². The first-order valence-electron chi connectivity index (χ1n) is 10.1. The van der Waals surface area contributed by atoms with E-state index >= 15 is 0 Å². The second-order valence-corrected chi connectivity index (χ2v) is 8.12. The summed E-state index contributed by atoms with van der Waals surface area (Å²) in [6.45, 7) is 4.44. The standard InChI is InChI=1S/C22H21FN6/c1-13(28-12-17-9-18(28)10-24-17)15-4-7-21-26-27-22(29(21)11-15)19-6-3-14-2-5-16(23)8-20(14)25-19/h2-8,11,13,17-18,24H,9-10,12H2,1H3/t13-,17-,18-/m0/s1. The third-order valence-corrected chi connectivity index (χ3v) is 6.39. The molecule has 6 nitrogen and oxygen atoms in total. The van der Waals surface area contributed by atoms with Gasteiger partial charge in [-0.15, -0.1) is 10.2 Å². The van der Waals surface area contributed by atoms with Crippen molar-refractivity contribution in [2.75, 3.05) is 13.1 Å². The number of hydrogen-bond donors (Lipinski definition) is 1. The lowest BCUT2D eigenvalue weighted by molar-refractivity contribution is 0.170. The molecule has 5 heterocycles. The van der Waals surface area contributed by atoms with Crippen LogP contribution in [0, 0.1) is 5.82 Å². The summed E-state index contributed by atoms with van der Waals surface area (Å²) >= 11 is 0. The number of rotatable bonds is 3. The molecule has 2 fully saturated rings. The first kappa shape index (κ1) is 17.0. The highest BCUT2D eigenvalue weighted by atomic mass is 19.1. The van der Waals surface area contributed by atoms with Crippen molar-refractivity contribution in [1.82, 2.24) is 29.8 Å². The number of pyridine rings is 2. The van der Waals surface area contributed by atoms with E-state index in [0.717, 1.165) is 24.1 Å². The number of halogens is 1. The molecule has 0 saturated carbocycles. The second kappa shape index (κ2) is 6.30. The maximum Gasteiger partial charge on any atom is 0.187 e. The molecule has 1 N–H and O–H groups in total. The smallest absolute Gasteiger partial charge is 0.187 e. The number of hydrogen-bond acceptors (Lipinski definition) is 5. The molecule has 2 bridgehead atoms. The largest absolute Gasteiger partial charge is 0.311 e. The van der Waals surface area contributed by atoms with E-state index in [2.05, 4.69) is 44.6 Å². The minimum Gasteiger partial charge on any atom is -0.311 e. The molecule has 2 aliphatic rings. The van der Waals surface area contributed by atoms with Gasteiger partial charge in [0.05, 0.1) is 5.52 Å². The number of fused-ring (bicyclic) bond motifs is 4. The van der Waals surface area contributed by atoms with Crippen molar-refractivity contribution in [3.63, 3.8) is 0 Å². The van der Waals surface area contributed by atoms with Crippen molar-refractivity contribution in [2.24, 2.45) is 0 Å². The average molecular weight is 388 g/mol. The summed E-state index contributed by atoms with van der Waals surface area (Å²) in [5.74, 6) is 0.378. The molecule has 0 amide bonds. The maximum atomic E-state index is 13.6. The predicted molar refractivity (Wildman–Crippen MR) is 109 cm³/mol. The zero-order valence-electron chi connectivity index (χ0n) is 16.1. The van der Waals surface area contributed by atoms with Gasteiger partial charge in [-0.05, 0) is 43.2 Å². The average Bonchev–Trinajstić information content (AvgIpc) is 3.47. The molecule has 3 atom stereocenters. The monoisotopic (exact) mass is 388 g/mol. The summed E-state index contributed by atoms with van der Waals surface area (Å²) in [7, 11) is 0. The number of piperazine rings is 1. The van der Waals surface area contributed by atoms with Crippen LogP contribution in [0.1, 0.15) is 24.9 Å². The lowest BCUT2D eigenvalue weighted by Gasteiger charge is -2.33. The van der Waals surface area contributed by atoms with Gasteiger partial charge in [0.25, 0.3) is 0 Å². The second-order valence-electron chi connectivity index (χ2n) is 8.12. The van der Waals surface area contributed by atoms with Gasteiger partial charge in [-0.3, -0.25) is 9.30 Å². The van der Waals surface area contributed by atoms with Crippen molar-refractivity contribution in [1.29, 1.82) is 0 Å². The molecule has 2 saturated heterocycles. The molecular weight excluding hydrogens is 367 g/mol. The fourth-order valence-electron chi connectivity index (χ4n) is 4.80. The van der Waals surface area contributed by atoms with Crippen LogP contribution in [0.4, 0.5) is 4.39 Å². The summed E-state index contributed by atoms with van der Waals surface area (Å²) < 4.78 is 15.6. The van der Waals surface area contributed by atoms with Crippen molar-refractivity contribution < 1.29 is 4.39 Å². The van der Waals surface area contributed by atoms with Crippen LogP contribution in [0.2, 0.25) is 0 Å². The number of nitrogens with zero attached hydrogens (tertiary/aromatic N) is 5. The van der Waals surface area contributed by atoms with Crippen LogP contribution in [0.25, 0.3) is 28.1 Å². The lowest BCUT2D eigenvalue weighted by Crippen LogP contribution is -2.44. The van der Waals surface area contributed by atoms with Crippen LogP contribution in [-0.2, 0) is 0 Å². The van der Waals surface area contributed by atoms with Gasteiger partial charge in [0.1, 0.15) is 11.5 Å². The van der Waals surface area contributed by atoms with Crippen LogP contribution >= 0.6 is 0 Å². The first-order chi connectivity index (χ1) is 14.2. The topological polar surface area (TPSA) is 58.4 Å². The lowest BCUT2D eigenvalue weighted by atomic mass is 10.1. The Morgan fingerprint density at radius 2 is 2.03 bits per heavy atom. The van der Waals surface area contributed by atoms with E-state index in [0.29, 0.717) is 35.2 Å². The van der Waals surface area contributed by atoms with Crippen LogP contribution in [0.5, 0.6) is 0 Å². The van der Waals surface area contributed by atoms with Gasteiger partial charge in [0.2, 0.25) is 0 Å². The highest BCUT2D eigenvalue weighted by Gasteiger charge is 2.40. The minimum absolute atomic E-state index is 0.293. The number of nitrogens with one attached hydrogen (secondary N) is 1. The SMILES string of the molecule is C[C@@H](c1ccc2nnc(-c3ccc4ccc(F)cc4n3)n2c1)N1C[C@@H]2C[C@H]1CN2. The Balaban J connectivity index is 1.41. The molecule has 146 valence electrons. The fraction of sp³-hybridized carbons (Fsp3) is 0.318.